The van der Waals surface area contributed by atoms with Crippen molar-refractivity contribution < 1.29 is 14.3 Å². The van der Waals surface area contributed by atoms with Crippen LogP contribution in [0.3, 0.4) is 0 Å². The standard InChI is InChI=1S/C23H22N4O4/c1-23(2)11-17-15(18(28)12-23)10-16(21(29)26-17)22(30)27-20-19(4-3-7-25-20)31-13-14-5-8-24-9-6-14/h3-10H,11-13H2,1-2H3,(H,26,29)(H,25,27,30). The Balaban J connectivity index is 1.56. The zero-order valence-electron chi connectivity index (χ0n) is 17.3. The van der Waals surface area contributed by atoms with E-state index in [1.807, 2.05) is 26.0 Å². The molecule has 158 valence electrons. The first-order chi connectivity index (χ1) is 14.8. The molecule has 1 aliphatic rings. The Morgan fingerprint density at radius 3 is 2.71 bits per heavy atom. The third-order valence-electron chi connectivity index (χ3n) is 5.11. The van der Waals surface area contributed by atoms with Crippen molar-refractivity contribution in [2.75, 3.05) is 5.32 Å². The summed E-state index contributed by atoms with van der Waals surface area (Å²) in [6.45, 7) is 4.21. The van der Waals surface area contributed by atoms with Crippen LogP contribution in [0.4, 0.5) is 5.82 Å². The van der Waals surface area contributed by atoms with Gasteiger partial charge in [0.15, 0.2) is 17.4 Å². The number of fused-ring (bicyclic) bond motifs is 1. The van der Waals surface area contributed by atoms with Gasteiger partial charge >= 0.3 is 0 Å². The van der Waals surface area contributed by atoms with Crippen LogP contribution in [0.15, 0.2) is 53.7 Å². The number of pyridine rings is 3. The molecule has 8 heteroatoms. The topological polar surface area (TPSA) is 114 Å². The van der Waals surface area contributed by atoms with Crippen LogP contribution in [-0.4, -0.2) is 26.6 Å². The second kappa shape index (κ2) is 8.14. The van der Waals surface area contributed by atoms with Gasteiger partial charge < -0.3 is 15.0 Å². The summed E-state index contributed by atoms with van der Waals surface area (Å²) < 4.78 is 5.78. The second-order valence-corrected chi connectivity index (χ2v) is 8.29. The number of aromatic amines is 1. The van der Waals surface area contributed by atoms with Crippen molar-refractivity contribution in [3.8, 4) is 5.75 Å². The van der Waals surface area contributed by atoms with Gasteiger partial charge in [-0.05, 0) is 47.7 Å². The summed E-state index contributed by atoms with van der Waals surface area (Å²) in [4.78, 5) is 48.8. The van der Waals surface area contributed by atoms with Crippen LogP contribution in [-0.2, 0) is 13.0 Å². The molecule has 0 fully saturated rings. The number of Topliss-reactive ketones (excluding diaryl/α,β-unsaturated/α-hetero) is 1. The molecule has 0 bridgehead atoms. The number of amides is 1. The number of nitrogens with zero attached hydrogens (tertiary/aromatic N) is 2. The maximum atomic E-state index is 12.8. The number of ketones is 1. The first kappa shape index (κ1) is 20.5. The third-order valence-corrected chi connectivity index (χ3v) is 5.11. The molecule has 0 aliphatic heterocycles. The quantitative estimate of drug-likeness (QED) is 0.658. The number of hydrogen-bond donors (Lipinski definition) is 2. The van der Waals surface area contributed by atoms with Gasteiger partial charge in [-0.1, -0.05) is 13.8 Å². The van der Waals surface area contributed by atoms with E-state index in [-0.39, 0.29) is 29.2 Å². The van der Waals surface area contributed by atoms with Crippen molar-refractivity contribution in [1.29, 1.82) is 0 Å². The van der Waals surface area contributed by atoms with Crippen LogP contribution in [0.25, 0.3) is 0 Å². The highest BCUT2D eigenvalue weighted by Crippen LogP contribution is 2.33. The normalized spacial score (nSPS) is 14.6. The van der Waals surface area contributed by atoms with Crippen molar-refractivity contribution in [3.05, 3.63) is 81.7 Å². The van der Waals surface area contributed by atoms with Gasteiger partial charge in [0.25, 0.3) is 11.5 Å². The summed E-state index contributed by atoms with van der Waals surface area (Å²) in [6.07, 6.45) is 5.77. The Hall–Kier alpha value is -3.81. The molecule has 0 saturated carbocycles. The van der Waals surface area contributed by atoms with Crippen molar-refractivity contribution in [2.24, 2.45) is 5.41 Å². The molecule has 2 N–H and O–H groups in total. The number of H-pyrrole nitrogens is 1. The number of carbonyl (C=O) groups excluding carboxylic acids is 2. The van der Waals surface area contributed by atoms with Gasteiger partial charge in [-0.25, -0.2) is 4.98 Å². The zero-order valence-corrected chi connectivity index (χ0v) is 17.3. The average Bonchev–Trinajstić information content (AvgIpc) is 2.72. The molecule has 3 heterocycles. The summed E-state index contributed by atoms with van der Waals surface area (Å²) in [7, 11) is 0. The number of aromatic nitrogens is 3. The summed E-state index contributed by atoms with van der Waals surface area (Å²) >= 11 is 0. The molecule has 0 radical (unpaired) electrons. The lowest BCUT2D eigenvalue weighted by Crippen LogP contribution is -2.33. The molecular formula is C23H22N4O4. The van der Waals surface area contributed by atoms with Crippen LogP contribution in [0.1, 0.15) is 52.2 Å². The smallest absolute Gasteiger partial charge is 0.262 e. The first-order valence-corrected chi connectivity index (χ1v) is 9.90. The molecule has 1 aliphatic carbocycles. The molecule has 0 atom stereocenters. The van der Waals surface area contributed by atoms with E-state index in [0.29, 0.717) is 29.8 Å². The number of ether oxygens (including phenoxy) is 1. The molecule has 4 rings (SSSR count). The fourth-order valence-corrected chi connectivity index (χ4v) is 3.61. The Morgan fingerprint density at radius 1 is 1.16 bits per heavy atom. The summed E-state index contributed by atoms with van der Waals surface area (Å²) in [5, 5.41) is 2.62. The Kier molecular flexibility index (Phi) is 5.37. The molecule has 8 nitrogen and oxygen atoms in total. The van der Waals surface area contributed by atoms with Crippen LogP contribution in [0.2, 0.25) is 0 Å². The third kappa shape index (κ3) is 4.53. The van der Waals surface area contributed by atoms with E-state index in [1.54, 1.807) is 24.5 Å². The van der Waals surface area contributed by atoms with Crippen molar-refractivity contribution in [1.82, 2.24) is 15.0 Å². The summed E-state index contributed by atoms with van der Waals surface area (Å²) in [5.41, 5.74) is 0.950. The number of hydrogen-bond acceptors (Lipinski definition) is 6. The molecule has 0 saturated heterocycles. The van der Waals surface area contributed by atoms with Gasteiger partial charge in [0.05, 0.1) is 0 Å². The number of carbonyl (C=O) groups is 2. The minimum Gasteiger partial charge on any atom is -0.485 e. The average molecular weight is 418 g/mol. The minimum atomic E-state index is -0.658. The highest BCUT2D eigenvalue weighted by Gasteiger charge is 2.32. The predicted molar refractivity (Wildman–Crippen MR) is 114 cm³/mol. The van der Waals surface area contributed by atoms with E-state index in [9.17, 15) is 14.4 Å². The largest absolute Gasteiger partial charge is 0.485 e. The monoisotopic (exact) mass is 418 g/mol. The first-order valence-electron chi connectivity index (χ1n) is 9.90. The van der Waals surface area contributed by atoms with Gasteiger partial charge in [0, 0.05) is 36.3 Å². The van der Waals surface area contributed by atoms with E-state index in [4.69, 9.17) is 4.74 Å². The zero-order chi connectivity index (χ0) is 22.0. The van der Waals surface area contributed by atoms with Gasteiger partial charge in [-0.3, -0.25) is 19.4 Å². The van der Waals surface area contributed by atoms with Crippen molar-refractivity contribution in [3.63, 3.8) is 0 Å². The van der Waals surface area contributed by atoms with Gasteiger partial charge in [-0.15, -0.1) is 0 Å². The van der Waals surface area contributed by atoms with Gasteiger partial charge in [0.2, 0.25) is 0 Å². The maximum absolute atomic E-state index is 12.8. The van der Waals surface area contributed by atoms with E-state index >= 15 is 0 Å². The number of nitrogens with one attached hydrogen (secondary N) is 2. The Morgan fingerprint density at radius 2 is 1.94 bits per heavy atom. The summed E-state index contributed by atoms with van der Waals surface area (Å²) in [5.74, 6) is -0.198. The highest BCUT2D eigenvalue weighted by atomic mass is 16.5. The molecule has 1 amide bonds. The van der Waals surface area contributed by atoms with E-state index in [2.05, 4.69) is 20.3 Å². The van der Waals surface area contributed by atoms with E-state index in [1.165, 1.54) is 12.3 Å². The minimum absolute atomic E-state index is 0.0873. The van der Waals surface area contributed by atoms with Crippen LogP contribution in [0, 0.1) is 5.41 Å². The van der Waals surface area contributed by atoms with E-state index < -0.39 is 11.5 Å². The fourth-order valence-electron chi connectivity index (χ4n) is 3.61. The lowest BCUT2D eigenvalue weighted by atomic mass is 9.75. The predicted octanol–water partition coefficient (Wildman–Crippen LogP) is 3.15. The Labute approximate surface area is 178 Å². The summed E-state index contributed by atoms with van der Waals surface area (Å²) in [6, 6.07) is 8.37. The second-order valence-electron chi connectivity index (χ2n) is 8.29. The molecule has 0 aromatic carbocycles. The SMILES string of the molecule is CC1(C)CC(=O)c2cc(C(=O)Nc3ncccc3OCc3ccncc3)c(=O)[nH]c2C1. The number of rotatable bonds is 5. The van der Waals surface area contributed by atoms with Crippen molar-refractivity contribution in [2.45, 2.75) is 33.3 Å². The van der Waals surface area contributed by atoms with Gasteiger partial charge in [0.1, 0.15) is 12.2 Å². The molecule has 0 unspecified atom stereocenters. The van der Waals surface area contributed by atoms with Crippen molar-refractivity contribution >= 4 is 17.5 Å². The lowest BCUT2D eigenvalue weighted by molar-refractivity contribution is 0.0910. The highest BCUT2D eigenvalue weighted by molar-refractivity contribution is 6.06. The Bertz CT molecular complexity index is 1200. The van der Waals surface area contributed by atoms with Crippen LogP contribution < -0.4 is 15.6 Å². The molecule has 3 aromatic heterocycles. The number of anilines is 1. The maximum Gasteiger partial charge on any atom is 0.262 e. The molecule has 0 spiro atoms. The lowest BCUT2D eigenvalue weighted by Gasteiger charge is -2.29. The van der Waals surface area contributed by atoms with Gasteiger partial charge in [-0.2, -0.15) is 0 Å². The fraction of sp³-hybridized carbons (Fsp3) is 0.261. The molecule has 3 aromatic rings. The molecule has 31 heavy (non-hydrogen) atoms. The van der Waals surface area contributed by atoms with E-state index in [0.717, 1.165) is 5.56 Å². The van der Waals surface area contributed by atoms with Crippen LogP contribution in [0.5, 0.6) is 5.75 Å². The van der Waals surface area contributed by atoms with Crippen LogP contribution >= 0.6 is 0 Å². The molecular weight excluding hydrogens is 396 g/mol.